The van der Waals surface area contributed by atoms with Crippen LogP contribution in [0.5, 0.6) is 5.75 Å². The largest absolute Gasteiger partial charge is 0.497 e. The lowest BCUT2D eigenvalue weighted by atomic mass is 9.64. The van der Waals surface area contributed by atoms with Crippen molar-refractivity contribution in [2.45, 2.75) is 57.2 Å². The highest BCUT2D eigenvalue weighted by atomic mass is 35.5. The van der Waals surface area contributed by atoms with Crippen LogP contribution in [-0.4, -0.2) is 42.3 Å². The molecule has 1 amide bonds. The molecule has 1 saturated heterocycles. The molecule has 1 heterocycles. The highest BCUT2D eigenvalue weighted by Gasteiger charge is 2.52. The number of benzene rings is 3. The highest BCUT2D eigenvalue weighted by molar-refractivity contribution is 6.30. The van der Waals surface area contributed by atoms with Crippen molar-refractivity contribution in [3.8, 4) is 5.75 Å². The first kappa shape index (κ1) is 31.1. The zero-order valence-electron chi connectivity index (χ0n) is 23.8. The van der Waals surface area contributed by atoms with E-state index in [1.165, 1.54) is 0 Å². The standard InChI is InChI=1S/C34H39Cl2NO4/c1-4-17-34(18-20-41-23-25-8-14-30(40-3)15-9-25)22-31(27-6-5-7-29(36)21-27)32(26-10-12-28(35)13-11-26)37(33(34)39)24(2)16-19-38/h4-15,21,24,31-32,38H,1,16-20,22-23H2,2-3H3/t24-,31+,32+,34-/m0/s1. The Labute approximate surface area is 253 Å². The van der Waals surface area contributed by atoms with Crippen molar-refractivity contribution in [1.29, 1.82) is 0 Å². The molecule has 1 aliphatic rings. The molecule has 0 aromatic heterocycles. The molecule has 0 unspecified atom stereocenters. The summed E-state index contributed by atoms with van der Waals surface area (Å²) in [6, 6.07) is 23.0. The van der Waals surface area contributed by atoms with Crippen LogP contribution in [0.15, 0.2) is 85.5 Å². The van der Waals surface area contributed by atoms with E-state index in [0.717, 1.165) is 22.4 Å². The number of amides is 1. The number of halogens is 2. The maximum atomic E-state index is 14.7. The molecule has 0 bridgehead atoms. The van der Waals surface area contributed by atoms with E-state index in [2.05, 4.69) is 12.6 Å². The molecule has 5 nitrogen and oxygen atoms in total. The van der Waals surface area contributed by atoms with E-state index >= 15 is 0 Å². The molecule has 218 valence electrons. The van der Waals surface area contributed by atoms with E-state index < -0.39 is 5.41 Å². The minimum atomic E-state index is -0.721. The van der Waals surface area contributed by atoms with Gasteiger partial charge in [-0.1, -0.05) is 65.7 Å². The molecule has 4 rings (SSSR count). The van der Waals surface area contributed by atoms with E-state index in [4.69, 9.17) is 32.7 Å². The molecule has 3 aromatic carbocycles. The number of aliphatic hydroxyl groups is 1. The van der Waals surface area contributed by atoms with Crippen LogP contribution in [0.2, 0.25) is 10.0 Å². The number of rotatable bonds is 13. The molecule has 0 aliphatic carbocycles. The van der Waals surface area contributed by atoms with E-state index in [0.29, 0.717) is 48.9 Å². The minimum Gasteiger partial charge on any atom is -0.497 e. The lowest BCUT2D eigenvalue weighted by Crippen LogP contribution is -2.56. The van der Waals surface area contributed by atoms with Crippen molar-refractivity contribution in [1.82, 2.24) is 4.90 Å². The number of hydrogen-bond donors (Lipinski definition) is 1. The summed E-state index contributed by atoms with van der Waals surface area (Å²) in [7, 11) is 1.64. The molecule has 1 aliphatic heterocycles. The molecule has 0 saturated carbocycles. The fourth-order valence-corrected chi connectivity index (χ4v) is 6.37. The van der Waals surface area contributed by atoms with Crippen molar-refractivity contribution in [2.75, 3.05) is 20.3 Å². The number of ether oxygens (including phenoxy) is 2. The van der Waals surface area contributed by atoms with Gasteiger partial charge in [0.1, 0.15) is 5.75 Å². The van der Waals surface area contributed by atoms with Gasteiger partial charge in [0.25, 0.3) is 0 Å². The highest BCUT2D eigenvalue weighted by Crippen LogP contribution is 2.53. The Kier molecular flexibility index (Phi) is 10.9. The molecular weight excluding hydrogens is 557 g/mol. The van der Waals surface area contributed by atoms with Gasteiger partial charge in [0.05, 0.1) is 25.2 Å². The zero-order chi connectivity index (χ0) is 29.4. The fourth-order valence-electron chi connectivity index (χ4n) is 6.04. The van der Waals surface area contributed by atoms with Gasteiger partial charge in [-0.15, -0.1) is 6.58 Å². The van der Waals surface area contributed by atoms with Gasteiger partial charge in [-0.2, -0.15) is 0 Å². The maximum absolute atomic E-state index is 14.7. The Hall–Kier alpha value is -2.83. The van der Waals surface area contributed by atoms with Crippen LogP contribution in [0, 0.1) is 5.41 Å². The summed E-state index contributed by atoms with van der Waals surface area (Å²) in [6.45, 7) is 6.89. The van der Waals surface area contributed by atoms with Crippen molar-refractivity contribution >= 4 is 29.1 Å². The number of aliphatic hydroxyl groups excluding tert-OH is 1. The van der Waals surface area contributed by atoms with Crippen molar-refractivity contribution < 1.29 is 19.4 Å². The maximum Gasteiger partial charge on any atom is 0.229 e. The summed E-state index contributed by atoms with van der Waals surface area (Å²) in [5.74, 6) is 0.811. The molecule has 7 heteroatoms. The Balaban J connectivity index is 1.70. The second-order valence-corrected chi connectivity index (χ2v) is 11.7. The summed E-state index contributed by atoms with van der Waals surface area (Å²) >= 11 is 12.7. The third kappa shape index (κ3) is 7.34. The molecule has 0 spiro atoms. The fraction of sp³-hybridized carbons (Fsp3) is 0.382. The van der Waals surface area contributed by atoms with Crippen molar-refractivity contribution in [3.05, 3.63) is 112 Å². The molecule has 4 atom stereocenters. The molecule has 0 radical (unpaired) electrons. The molecular formula is C34H39Cl2NO4. The predicted octanol–water partition coefficient (Wildman–Crippen LogP) is 8.00. The molecule has 1 fully saturated rings. The van der Waals surface area contributed by atoms with E-state index in [9.17, 15) is 9.90 Å². The lowest BCUT2D eigenvalue weighted by Gasteiger charge is -2.52. The summed E-state index contributed by atoms with van der Waals surface area (Å²) in [5.41, 5.74) is 2.39. The quantitative estimate of drug-likeness (QED) is 0.161. The normalized spacial score (nSPS) is 21.5. The van der Waals surface area contributed by atoms with Crippen molar-refractivity contribution in [2.24, 2.45) is 5.41 Å². The van der Waals surface area contributed by atoms with E-state index in [-0.39, 0.29) is 30.5 Å². The van der Waals surface area contributed by atoms with Crippen LogP contribution in [0.4, 0.5) is 0 Å². The van der Waals surface area contributed by atoms with Gasteiger partial charge >= 0.3 is 0 Å². The third-order valence-electron chi connectivity index (χ3n) is 8.18. The number of piperidine rings is 1. The van der Waals surface area contributed by atoms with Gasteiger partial charge in [0.2, 0.25) is 5.91 Å². The first-order chi connectivity index (χ1) is 19.8. The van der Waals surface area contributed by atoms with Crippen LogP contribution in [0.1, 0.15) is 61.3 Å². The Morgan fingerprint density at radius 3 is 2.44 bits per heavy atom. The average molecular weight is 597 g/mol. The molecule has 1 N–H and O–H groups in total. The van der Waals surface area contributed by atoms with Gasteiger partial charge in [0, 0.05) is 35.2 Å². The Morgan fingerprint density at radius 2 is 1.80 bits per heavy atom. The van der Waals surface area contributed by atoms with Gasteiger partial charge in [-0.05, 0) is 85.7 Å². The zero-order valence-corrected chi connectivity index (χ0v) is 25.3. The molecule has 3 aromatic rings. The topological polar surface area (TPSA) is 59.0 Å². The van der Waals surface area contributed by atoms with Crippen LogP contribution < -0.4 is 4.74 Å². The summed E-state index contributed by atoms with van der Waals surface area (Å²) in [4.78, 5) is 16.6. The number of carbonyl (C=O) groups excluding carboxylic acids is 1. The van der Waals surface area contributed by atoms with Crippen LogP contribution >= 0.6 is 23.2 Å². The second kappa shape index (κ2) is 14.4. The summed E-state index contributed by atoms with van der Waals surface area (Å²) < 4.78 is 11.4. The number of hydrogen-bond acceptors (Lipinski definition) is 4. The SMILES string of the molecule is C=CC[C@]1(CCOCc2ccc(OC)cc2)C[C@H](c2cccc(Cl)c2)[C@@H](c2ccc(Cl)cc2)N([C@@H](C)CCO)C1=O. The van der Waals surface area contributed by atoms with Crippen LogP contribution in [0.3, 0.4) is 0 Å². The smallest absolute Gasteiger partial charge is 0.229 e. The monoisotopic (exact) mass is 595 g/mol. The van der Waals surface area contributed by atoms with Gasteiger partial charge in [-0.25, -0.2) is 0 Å². The Bertz CT molecular complexity index is 1300. The minimum absolute atomic E-state index is 0.0143. The van der Waals surface area contributed by atoms with Crippen LogP contribution in [-0.2, 0) is 16.1 Å². The number of carbonyl (C=O) groups is 1. The average Bonchev–Trinajstić information content (AvgIpc) is 2.97. The van der Waals surface area contributed by atoms with Gasteiger partial charge in [0.15, 0.2) is 0 Å². The Morgan fingerprint density at radius 1 is 1.07 bits per heavy atom. The third-order valence-corrected chi connectivity index (χ3v) is 8.66. The number of likely N-dealkylation sites (tertiary alicyclic amines) is 1. The first-order valence-electron chi connectivity index (χ1n) is 14.1. The second-order valence-electron chi connectivity index (χ2n) is 10.9. The lowest BCUT2D eigenvalue weighted by molar-refractivity contribution is -0.157. The number of allylic oxidation sites excluding steroid dienone is 1. The van der Waals surface area contributed by atoms with Gasteiger partial charge < -0.3 is 19.5 Å². The van der Waals surface area contributed by atoms with E-state index in [1.807, 2.05) is 84.6 Å². The van der Waals surface area contributed by atoms with Gasteiger partial charge in [-0.3, -0.25) is 4.79 Å². The number of nitrogens with zero attached hydrogens (tertiary/aromatic N) is 1. The van der Waals surface area contributed by atoms with Crippen LogP contribution in [0.25, 0.3) is 0 Å². The molecule has 41 heavy (non-hydrogen) atoms. The predicted molar refractivity (Wildman–Crippen MR) is 166 cm³/mol. The summed E-state index contributed by atoms with van der Waals surface area (Å²) in [5, 5.41) is 11.2. The van der Waals surface area contributed by atoms with E-state index in [1.54, 1.807) is 7.11 Å². The summed E-state index contributed by atoms with van der Waals surface area (Å²) in [6.07, 6.45) is 3.98. The first-order valence-corrected chi connectivity index (χ1v) is 14.8. The van der Waals surface area contributed by atoms with Crippen molar-refractivity contribution in [3.63, 3.8) is 0 Å². The number of methoxy groups -OCH3 is 1.